The summed E-state index contributed by atoms with van der Waals surface area (Å²) in [4.78, 5) is 0. The van der Waals surface area contributed by atoms with Gasteiger partial charge in [-0.15, -0.1) is 0 Å². The van der Waals surface area contributed by atoms with Crippen molar-refractivity contribution in [2.24, 2.45) is 5.84 Å². The molecule has 0 radical (unpaired) electrons. The van der Waals surface area contributed by atoms with E-state index in [9.17, 15) is 4.39 Å². The van der Waals surface area contributed by atoms with E-state index in [1.165, 1.54) is 6.07 Å². The second kappa shape index (κ2) is 6.48. The number of nitrogens with two attached hydrogens (primary N) is 1. The molecule has 0 amide bonds. The summed E-state index contributed by atoms with van der Waals surface area (Å²) < 4.78 is 19.0. The Morgan fingerprint density at radius 3 is 2.72 bits per heavy atom. The molecule has 5 heteroatoms. The summed E-state index contributed by atoms with van der Waals surface area (Å²) >= 11 is 5.94. The maximum absolute atomic E-state index is 13.4. The van der Waals surface area contributed by atoms with Crippen molar-refractivity contribution in [3.8, 4) is 0 Å². The van der Waals surface area contributed by atoms with Gasteiger partial charge in [-0.3, -0.25) is 11.3 Å². The fourth-order valence-corrected chi connectivity index (χ4v) is 2.11. The Morgan fingerprint density at radius 1 is 1.50 bits per heavy atom. The van der Waals surface area contributed by atoms with Gasteiger partial charge in [-0.2, -0.15) is 0 Å². The maximum atomic E-state index is 13.4. The molecule has 1 unspecified atom stereocenters. The van der Waals surface area contributed by atoms with Crippen LogP contribution in [0.4, 0.5) is 4.39 Å². The van der Waals surface area contributed by atoms with Gasteiger partial charge >= 0.3 is 0 Å². The molecule has 0 aliphatic heterocycles. The molecule has 0 heterocycles. The van der Waals surface area contributed by atoms with Crippen molar-refractivity contribution in [3.05, 3.63) is 34.6 Å². The first-order valence-corrected chi connectivity index (χ1v) is 6.33. The standard InChI is InChI=1S/C13H20ClFN2O/c1-4-18-13(2,3)11(17-16)8-9-6-5-7-10(15)12(9)14/h5-7,11,17H,4,8,16H2,1-3H3. The molecule has 3 N–H and O–H groups in total. The highest BCUT2D eigenvalue weighted by atomic mass is 35.5. The van der Waals surface area contributed by atoms with Crippen molar-refractivity contribution in [2.75, 3.05) is 6.61 Å². The zero-order valence-electron chi connectivity index (χ0n) is 11.0. The minimum Gasteiger partial charge on any atom is -0.374 e. The van der Waals surface area contributed by atoms with E-state index in [0.29, 0.717) is 18.6 Å². The normalized spacial score (nSPS) is 13.7. The quantitative estimate of drug-likeness (QED) is 0.619. The topological polar surface area (TPSA) is 47.3 Å². The molecule has 1 aromatic carbocycles. The first-order valence-electron chi connectivity index (χ1n) is 5.95. The van der Waals surface area contributed by atoms with Gasteiger partial charge in [0.05, 0.1) is 16.7 Å². The zero-order valence-corrected chi connectivity index (χ0v) is 11.7. The predicted octanol–water partition coefficient (Wildman–Crippen LogP) is 2.67. The lowest BCUT2D eigenvalue weighted by Gasteiger charge is -2.34. The van der Waals surface area contributed by atoms with Crippen LogP contribution < -0.4 is 11.3 Å². The van der Waals surface area contributed by atoms with E-state index in [4.69, 9.17) is 22.2 Å². The van der Waals surface area contributed by atoms with Gasteiger partial charge in [0.25, 0.3) is 0 Å². The lowest BCUT2D eigenvalue weighted by molar-refractivity contribution is -0.0381. The summed E-state index contributed by atoms with van der Waals surface area (Å²) in [6.07, 6.45) is 0.500. The molecular weight excluding hydrogens is 255 g/mol. The molecule has 102 valence electrons. The number of ether oxygens (including phenoxy) is 1. The van der Waals surface area contributed by atoms with Crippen molar-refractivity contribution in [2.45, 2.75) is 38.8 Å². The first-order chi connectivity index (χ1) is 8.42. The van der Waals surface area contributed by atoms with Crippen LogP contribution in [0.25, 0.3) is 0 Å². The number of rotatable bonds is 6. The Morgan fingerprint density at radius 2 is 2.17 bits per heavy atom. The van der Waals surface area contributed by atoms with Crippen LogP contribution in [0.3, 0.4) is 0 Å². The average Bonchev–Trinajstić information content (AvgIpc) is 2.30. The van der Waals surface area contributed by atoms with Gasteiger partial charge in [-0.1, -0.05) is 23.7 Å². The third kappa shape index (κ3) is 3.65. The molecule has 1 aromatic rings. The highest BCUT2D eigenvalue weighted by molar-refractivity contribution is 6.31. The summed E-state index contributed by atoms with van der Waals surface area (Å²) in [5.41, 5.74) is 2.97. The van der Waals surface area contributed by atoms with Crippen LogP contribution in [-0.2, 0) is 11.2 Å². The van der Waals surface area contributed by atoms with Gasteiger partial charge < -0.3 is 4.74 Å². The minimum absolute atomic E-state index is 0.144. The van der Waals surface area contributed by atoms with Gasteiger partial charge in [0.15, 0.2) is 0 Å². The van der Waals surface area contributed by atoms with Gasteiger partial charge in [-0.25, -0.2) is 4.39 Å². The molecule has 18 heavy (non-hydrogen) atoms. The molecule has 0 saturated heterocycles. The summed E-state index contributed by atoms with van der Waals surface area (Å²) in [7, 11) is 0. The number of nitrogens with one attached hydrogen (secondary N) is 1. The smallest absolute Gasteiger partial charge is 0.142 e. The molecule has 1 rings (SSSR count). The summed E-state index contributed by atoms with van der Waals surface area (Å²) in [5.74, 6) is 5.14. The SMILES string of the molecule is CCOC(C)(C)C(Cc1cccc(F)c1Cl)NN. The van der Waals surface area contributed by atoms with E-state index in [-0.39, 0.29) is 11.1 Å². The number of hydrogen-bond acceptors (Lipinski definition) is 3. The van der Waals surface area contributed by atoms with Gasteiger partial charge in [0, 0.05) is 6.61 Å². The van der Waals surface area contributed by atoms with Crippen LogP contribution in [0, 0.1) is 5.82 Å². The Labute approximate surface area is 112 Å². The fourth-order valence-electron chi connectivity index (χ4n) is 1.90. The lowest BCUT2D eigenvalue weighted by Crippen LogP contribution is -2.52. The molecule has 0 spiro atoms. The van der Waals surface area contributed by atoms with Crippen LogP contribution in [0.5, 0.6) is 0 Å². The largest absolute Gasteiger partial charge is 0.374 e. The number of benzene rings is 1. The highest BCUT2D eigenvalue weighted by Gasteiger charge is 2.30. The lowest BCUT2D eigenvalue weighted by atomic mass is 9.92. The van der Waals surface area contributed by atoms with E-state index in [1.807, 2.05) is 20.8 Å². The summed E-state index contributed by atoms with van der Waals surface area (Å²) in [5, 5.41) is 0.144. The van der Waals surface area contributed by atoms with E-state index in [2.05, 4.69) is 5.43 Å². The second-order valence-electron chi connectivity index (χ2n) is 4.67. The van der Waals surface area contributed by atoms with Gasteiger partial charge in [0.2, 0.25) is 0 Å². The summed E-state index contributed by atoms with van der Waals surface area (Å²) in [6, 6.07) is 4.61. The van der Waals surface area contributed by atoms with Crippen molar-refractivity contribution >= 4 is 11.6 Å². The first kappa shape index (κ1) is 15.4. The fraction of sp³-hybridized carbons (Fsp3) is 0.538. The number of halogens is 2. The van der Waals surface area contributed by atoms with Crippen molar-refractivity contribution in [1.82, 2.24) is 5.43 Å². The van der Waals surface area contributed by atoms with E-state index < -0.39 is 11.4 Å². The Kier molecular flexibility index (Phi) is 5.53. The third-order valence-corrected chi connectivity index (χ3v) is 3.44. The van der Waals surface area contributed by atoms with E-state index in [1.54, 1.807) is 12.1 Å². The third-order valence-electron chi connectivity index (χ3n) is 3.01. The van der Waals surface area contributed by atoms with Crippen LogP contribution in [0.1, 0.15) is 26.3 Å². The Hall–Kier alpha value is -0.680. The van der Waals surface area contributed by atoms with Crippen molar-refractivity contribution in [3.63, 3.8) is 0 Å². The molecule has 0 bridgehead atoms. The summed E-state index contributed by atoms with van der Waals surface area (Å²) in [6.45, 7) is 6.38. The van der Waals surface area contributed by atoms with E-state index >= 15 is 0 Å². The predicted molar refractivity (Wildman–Crippen MR) is 71.9 cm³/mol. The van der Waals surface area contributed by atoms with Crippen LogP contribution in [-0.4, -0.2) is 18.2 Å². The zero-order chi connectivity index (χ0) is 13.8. The Balaban J connectivity index is 2.89. The number of hydrogen-bond donors (Lipinski definition) is 2. The second-order valence-corrected chi connectivity index (χ2v) is 5.05. The van der Waals surface area contributed by atoms with Crippen molar-refractivity contribution in [1.29, 1.82) is 0 Å². The Bertz CT molecular complexity index is 399. The minimum atomic E-state index is -0.459. The molecule has 0 aromatic heterocycles. The van der Waals surface area contributed by atoms with Crippen LogP contribution in [0.2, 0.25) is 5.02 Å². The molecule has 0 aliphatic rings. The number of hydrazine groups is 1. The molecule has 1 atom stereocenters. The monoisotopic (exact) mass is 274 g/mol. The molecule has 0 fully saturated rings. The van der Waals surface area contributed by atoms with Crippen LogP contribution in [0.15, 0.2) is 18.2 Å². The molecule has 0 saturated carbocycles. The van der Waals surface area contributed by atoms with E-state index in [0.717, 1.165) is 0 Å². The maximum Gasteiger partial charge on any atom is 0.142 e. The van der Waals surface area contributed by atoms with Crippen molar-refractivity contribution < 1.29 is 9.13 Å². The average molecular weight is 275 g/mol. The van der Waals surface area contributed by atoms with Gasteiger partial charge in [0.1, 0.15) is 5.82 Å². The molecular formula is C13H20ClFN2O. The highest BCUT2D eigenvalue weighted by Crippen LogP contribution is 2.24. The van der Waals surface area contributed by atoms with Crippen LogP contribution >= 0.6 is 11.6 Å². The van der Waals surface area contributed by atoms with Gasteiger partial charge in [-0.05, 0) is 38.8 Å². The molecule has 3 nitrogen and oxygen atoms in total. The molecule has 0 aliphatic carbocycles.